The largest absolute Gasteiger partial charge is 0.206 e. The van der Waals surface area contributed by atoms with Crippen LogP contribution in [0.1, 0.15) is 30.5 Å². The molecule has 0 unspecified atom stereocenters. The van der Waals surface area contributed by atoms with Crippen LogP contribution in [0, 0.1) is 5.82 Å². The molecule has 0 aliphatic carbocycles. The third-order valence-electron chi connectivity index (χ3n) is 2.24. The lowest BCUT2D eigenvalue weighted by atomic mass is 9.98. The summed E-state index contributed by atoms with van der Waals surface area (Å²) in [6.07, 6.45) is 6.24. The molecule has 0 aromatic heterocycles. The summed E-state index contributed by atoms with van der Waals surface area (Å²) in [4.78, 5) is 0. The number of benzene rings is 1. The van der Waals surface area contributed by atoms with Gasteiger partial charge >= 0.3 is 0 Å². The van der Waals surface area contributed by atoms with E-state index in [0.29, 0.717) is 5.56 Å². The van der Waals surface area contributed by atoms with Crippen LogP contribution in [-0.4, -0.2) is 0 Å². The Labute approximate surface area is 84.8 Å². The van der Waals surface area contributed by atoms with Gasteiger partial charge in [0, 0.05) is 5.56 Å². The van der Waals surface area contributed by atoms with Gasteiger partial charge in [0.15, 0.2) is 0 Å². The second kappa shape index (κ2) is 4.75. The molecule has 1 heteroatoms. The molecule has 0 nitrogen and oxygen atoms in total. The second-order valence-electron chi connectivity index (χ2n) is 3.09. The van der Waals surface area contributed by atoms with E-state index in [1.807, 2.05) is 19.1 Å². The van der Waals surface area contributed by atoms with Crippen LogP contribution < -0.4 is 0 Å². The third kappa shape index (κ3) is 1.92. The summed E-state index contributed by atoms with van der Waals surface area (Å²) >= 11 is 0. The molecular weight excluding hydrogens is 175 g/mol. The van der Waals surface area contributed by atoms with Crippen LogP contribution in [-0.2, 0) is 6.42 Å². The van der Waals surface area contributed by atoms with Gasteiger partial charge in [-0.1, -0.05) is 37.8 Å². The van der Waals surface area contributed by atoms with Gasteiger partial charge in [-0.2, -0.15) is 0 Å². The molecule has 1 aromatic rings. The molecule has 1 rings (SSSR count). The normalized spacial score (nSPS) is 10.8. The zero-order valence-electron chi connectivity index (χ0n) is 8.68. The molecule has 0 spiro atoms. The van der Waals surface area contributed by atoms with Crippen molar-refractivity contribution < 1.29 is 4.39 Å². The molecule has 0 aliphatic heterocycles. The molecule has 0 amide bonds. The van der Waals surface area contributed by atoms with Gasteiger partial charge in [0.05, 0.1) is 0 Å². The Morgan fingerprint density at radius 3 is 2.57 bits per heavy atom. The summed E-state index contributed by atoms with van der Waals surface area (Å²) < 4.78 is 13.4. The fourth-order valence-corrected chi connectivity index (χ4v) is 1.54. The van der Waals surface area contributed by atoms with E-state index >= 15 is 0 Å². The van der Waals surface area contributed by atoms with Crippen LogP contribution in [0.2, 0.25) is 0 Å². The number of aryl methyl sites for hydroxylation is 1. The average molecular weight is 190 g/mol. The summed E-state index contributed by atoms with van der Waals surface area (Å²) in [6, 6.07) is 3.33. The predicted octanol–water partition coefficient (Wildman–Crippen LogP) is 4.06. The van der Waals surface area contributed by atoms with Gasteiger partial charge in [-0.3, -0.25) is 0 Å². The SMILES string of the molecule is C=Cc1c(CC)ccc(F)c1/C=C\C. The van der Waals surface area contributed by atoms with E-state index < -0.39 is 0 Å². The molecule has 0 saturated carbocycles. The number of hydrogen-bond acceptors (Lipinski definition) is 0. The highest BCUT2D eigenvalue weighted by molar-refractivity contribution is 5.67. The molecule has 0 bridgehead atoms. The molecule has 1 aromatic carbocycles. The van der Waals surface area contributed by atoms with Gasteiger partial charge in [0.25, 0.3) is 0 Å². The van der Waals surface area contributed by atoms with Crippen molar-refractivity contribution in [2.75, 3.05) is 0 Å². The summed E-state index contributed by atoms with van der Waals surface area (Å²) in [5.74, 6) is -0.185. The molecule has 0 aliphatic rings. The van der Waals surface area contributed by atoms with Crippen LogP contribution in [0.3, 0.4) is 0 Å². The van der Waals surface area contributed by atoms with E-state index in [4.69, 9.17) is 0 Å². The first-order chi connectivity index (χ1) is 6.74. The Morgan fingerprint density at radius 2 is 2.07 bits per heavy atom. The maximum atomic E-state index is 13.4. The molecule has 0 radical (unpaired) electrons. The van der Waals surface area contributed by atoms with Gasteiger partial charge in [0.2, 0.25) is 0 Å². The van der Waals surface area contributed by atoms with Gasteiger partial charge in [-0.05, 0) is 30.5 Å². The zero-order chi connectivity index (χ0) is 10.6. The maximum Gasteiger partial charge on any atom is 0.131 e. The number of rotatable bonds is 3. The third-order valence-corrected chi connectivity index (χ3v) is 2.24. The van der Waals surface area contributed by atoms with Crippen molar-refractivity contribution in [3.8, 4) is 0 Å². The van der Waals surface area contributed by atoms with E-state index in [2.05, 4.69) is 13.5 Å². The Morgan fingerprint density at radius 1 is 1.36 bits per heavy atom. The molecule has 14 heavy (non-hydrogen) atoms. The molecular formula is C13H15F. The van der Waals surface area contributed by atoms with Crippen molar-refractivity contribution in [2.45, 2.75) is 20.3 Å². The first-order valence-corrected chi connectivity index (χ1v) is 4.81. The molecule has 0 saturated heterocycles. The Balaban J connectivity index is 3.42. The van der Waals surface area contributed by atoms with Crippen molar-refractivity contribution >= 4 is 12.2 Å². The summed E-state index contributed by atoms with van der Waals surface area (Å²) in [5.41, 5.74) is 2.68. The van der Waals surface area contributed by atoms with Gasteiger partial charge in [-0.25, -0.2) is 4.39 Å². The minimum Gasteiger partial charge on any atom is -0.206 e. The van der Waals surface area contributed by atoms with Crippen molar-refractivity contribution in [3.05, 3.63) is 47.3 Å². The minimum absolute atomic E-state index is 0.185. The lowest BCUT2D eigenvalue weighted by Crippen LogP contribution is -1.93. The standard InChI is InChI=1S/C13H15F/c1-4-7-12-11(6-3)10(5-2)8-9-13(12)14/h4,6-9H,3,5H2,1-2H3/b7-4-. The van der Waals surface area contributed by atoms with E-state index in [-0.39, 0.29) is 5.82 Å². The highest BCUT2D eigenvalue weighted by Gasteiger charge is 2.06. The topological polar surface area (TPSA) is 0 Å². The molecule has 0 fully saturated rings. The van der Waals surface area contributed by atoms with Gasteiger partial charge in [-0.15, -0.1) is 0 Å². The van der Waals surface area contributed by atoms with Gasteiger partial charge < -0.3 is 0 Å². The van der Waals surface area contributed by atoms with Crippen LogP contribution in [0.25, 0.3) is 12.2 Å². The average Bonchev–Trinajstić information content (AvgIpc) is 2.21. The summed E-state index contributed by atoms with van der Waals surface area (Å²) in [6.45, 7) is 7.66. The molecule has 0 atom stereocenters. The van der Waals surface area contributed by atoms with Crippen LogP contribution in [0.15, 0.2) is 24.8 Å². The van der Waals surface area contributed by atoms with Crippen LogP contribution in [0.4, 0.5) is 4.39 Å². The Kier molecular flexibility index (Phi) is 3.63. The smallest absolute Gasteiger partial charge is 0.131 e. The molecule has 0 N–H and O–H groups in total. The second-order valence-corrected chi connectivity index (χ2v) is 3.09. The quantitative estimate of drug-likeness (QED) is 0.674. The van der Waals surface area contributed by atoms with E-state index in [1.54, 1.807) is 12.2 Å². The fraction of sp³-hybridized carbons (Fsp3) is 0.231. The van der Waals surface area contributed by atoms with E-state index in [9.17, 15) is 4.39 Å². The van der Waals surface area contributed by atoms with E-state index in [1.165, 1.54) is 6.07 Å². The lowest BCUT2D eigenvalue weighted by Gasteiger charge is -2.08. The van der Waals surface area contributed by atoms with Crippen molar-refractivity contribution in [1.29, 1.82) is 0 Å². The van der Waals surface area contributed by atoms with Crippen LogP contribution >= 0.6 is 0 Å². The number of halogens is 1. The number of allylic oxidation sites excluding steroid dienone is 1. The van der Waals surface area contributed by atoms with Crippen molar-refractivity contribution in [2.24, 2.45) is 0 Å². The van der Waals surface area contributed by atoms with E-state index in [0.717, 1.165) is 17.5 Å². The maximum absolute atomic E-state index is 13.4. The first-order valence-electron chi connectivity index (χ1n) is 4.81. The van der Waals surface area contributed by atoms with Crippen molar-refractivity contribution in [3.63, 3.8) is 0 Å². The summed E-state index contributed by atoms with van der Waals surface area (Å²) in [7, 11) is 0. The van der Waals surface area contributed by atoms with Crippen LogP contribution in [0.5, 0.6) is 0 Å². The molecule has 74 valence electrons. The lowest BCUT2D eigenvalue weighted by molar-refractivity contribution is 0.624. The monoisotopic (exact) mass is 190 g/mol. The minimum atomic E-state index is -0.185. The fourth-order valence-electron chi connectivity index (χ4n) is 1.54. The first kappa shape index (κ1) is 10.7. The van der Waals surface area contributed by atoms with Gasteiger partial charge in [0.1, 0.15) is 5.82 Å². The predicted molar refractivity (Wildman–Crippen MR) is 60.6 cm³/mol. The highest BCUT2D eigenvalue weighted by Crippen LogP contribution is 2.21. The zero-order valence-corrected chi connectivity index (χ0v) is 8.68. The summed E-state index contributed by atoms with van der Waals surface area (Å²) in [5, 5.41) is 0. The Bertz CT molecular complexity index is 362. The Hall–Kier alpha value is -1.37. The molecule has 0 heterocycles. The van der Waals surface area contributed by atoms with Crippen molar-refractivity contribution in [1.82, 2.24) is 0 Å². The number of hydrogen-bond donors (Lipinski definition) is 0. The highest BCUT2D eigenvalue weighted by atomic mass is 19.1.